The van der Waals surface area contributed by atoms with Crippen LogP contribution in [0.4, 0.5) is 4.39 Å². The number of halogens is 1. The fourth-order valence-electron chi connectivity index (χ4n) is 2.43. The Bertz CT molecular complexity index is 860. The Hall–Kier alpha value is -3.22. The van der Waals surface area contributed by atoms with Crippen molar-refractivity contribution in [2.75, 3.05) is 6.54 Å². The van der Waals surface area contributed by atoms with Crippen molar-refractivity contribution in [3.8, 4) is 5.82 Å². The molecule has 0 saturated heterocycles. The molecule has 134 valence electrons. The lowest BCUT2D eigenvalue weighted by Crippen LogP contribution is -2.36. The molecule has 0 aliphatic rings. The van der Waals surface area contributed by atoms with Crippen LogP contribution in [-0.2, 0) is 13.1 Å². The molecule has 6 nitrogen and oxygen atoms in total. The van der Waals surface area contributed by atoms with Crippen LogP contribution < -0.4 is 10.6 Å². The number of guanidine groups is 1. The van der Waals surface area contributed by atoms with E-state index in [0.717, 1.165) is 23.5 Å². The molecule has 7 heteroatoms. The maximum Gasteiger partial charge on any atom is 0.191 e. The van der Waals surface area contributed by atoms with Crippen LogP contribution in [-0.4, -0.2) is 27.3 Å². The van der Waals surface area contributed by atoms with Crippen molar-refractivity contribution in [2.24, 2.45) is 4.99 Å². The molecule has 2 N–H and O–H groups in total. The Kier molecular flexibility index (Phi) is 5.92. The zero-order valence-corrected chi connectivity index (χ0v) is 14.6. The lowest BCUT2D eigenvalue weighted by atomic mass is 10.2. The van der Waals surface area contributed by atoms with Gasteiger partial charge in [-0.05, 0) is 48.4 Å². The van der Waals surface area contributed by atoms with E-state index in [2.05, 4.69) is 25.7 Å². The number of nitrogens with one attached hydrogen (secondary N) is 2. The van der Waals surface area contributed by atoms with Gasteiger partial charge in [0.15, 0.2) is 11.8 Å². The largest absolute Gasteiger partial charge is 0.357 e. The summed E-state index contributed by atoms with van der Waals surface area (Å²) >= 11 is 0. The lowest BCUT2D eigenvalue weighted by Gasteiger charge is -2.12. The van der Waals surface area contributed by atoms with Crippen molar-refractivity contribution in [3.63, 3.8) is 0 Å². The summed E-state index contributed by atoms with van der Waals surface area (Å²) in [6.07, 6.45) is 5.32. The predicted octanol–water partition coefficient (Wildman–Crippen LogP) is 2.66. The highest BCUT2D eigenvalue weighted by Crippen LogP contribution is 2.07. The average Bonchev–Trinajstić information content (AvgIpc) is 3.19. The van der Waals surface area contributed by atoms with Gasteiger partial charge in [-0.15, -0.1) is 0 Å². The first-order valence-corrected chi connectivity index (χ1v) is 8.46. The summed E-state index contributed by atoms with van der Waals surface area (Å²) in [7, 11) is 0. The van der Waals surface area contributed by atoms with Crippen LogP contribution in [0.3, 0.4) is 0 Å². The first kappa shape index (κ1) is 17.6. The van der Waals surface area contributed by atoms with E-state index in [1.807, 2.05) is 37.4 Å². The quantitative estimate of drug-likeness (QED) is 0.529. The van der Waals surface area contributed by atoms with Crippen molar-refractivity contribution in [3.05, 3.63) is 78.0 Å². The molecular formula is C19H21FN6. The fraction of sp³-hybridized carbons (Fsp3) is 0.211. The molecule has 3 aromatic rings. The third-order valence-electron chi connectivity index (χ3n) is 3.66. The predicted molar refractivity (Wildman–Crippen MR) is 99.4 cm³/mol. The minimum Gasteiger partial charge on any atom is -0.357 e. The van der Waals surface area contributed by atoms with Crippen LogP contribution >= 0.6 is 0 Å². The molecule has 1 aromatic carbocycles. The summed E-state index contributed by atoms with van der Waals surface area (Å²) < 4.78 is 15.0. The highest BCUT2D eigenvalue weighted by atomic mass is 19.1. The molecule has 0 spiro atoms. The standard InChI is InChI=1S/C19H21FN6/c1-2-21-19(23-13-15-5-3-6-17(20)11-15)24-14-16-7-9-22-18(12-16)26-10-4-8-25-26/h3-12H,2,13-14H2,1H3,(H2,21,23,24). The Balaban J connectivity index is 1.65. The maximum atomic E-state index is 13.3. The van der Waals surface area contributed by atoms with Gasteiger partial charge in [-0.1, -0.05) is 12.1 Å². The monoisotopic (exact) mass is 352 g/mol. The molecule has 2 aromatic heterocycles. The highest BCUT2D eigenvalue weighted by molar-refractivity contribution is 5.79. The van der Waals surface area contributed by atoms with Crippen molar-refractivity contribution in [2.45, 2.75) is 20.0 Å². The van der Waals surface area contributed by atoms with E-state index < -0.39 is 0 Å². The van der Waals surface area contributed by atoms with Crippen LogP contribution in [0.25, 0.3) is 5.82 Å². The van der Waals surface area contributed by atoms with Crippen LogP contribution in [0.1, 0.15) is 18.1 Å². The van der Waals surface area contributed by atoms with E-state index >= 15 is 0 Å². The molecule has 0 atom stereocenters. The van der Waals surface area contributed by atoms with Gasteiger partial charge < -0.3 is 10.6 Å². The second kappa shape index (κ2) is 8.75. The van der Waals surface area contributed by atoms with Crippen LogP contribution in [0.5, 0.6) is 0 Å². The van der Waals surface area contributed by atoms with E-state index in [4.69, 9.17) is 0 Å². The first-order valence-electron chi connectivity index (χ1n) is 8.46. The summed E-state index contributed by atoms with van der Waals surface area (Å²) in [5.41, 5.74) is 1.88. The summed E-state index contributed by atoms with van der Waals surface area (Å²) in [6.45, 7) is 3.74. The van der Waals surface area contributed by atoms with E-state index in [1.165, 1.54) is 12.1 Å². The van der Waals surface area contributed by atoms with Crippen molar-refractivity contribution in [1.29, 1.82) is 0 Å². The number of benzene rings is 1. The van der Waals surface area contributed by atoms with Gasteiger partial charge in [0.25, 0.3) is 0 Å². The molecule has 0 unspecified atom stereocenters. The normalized spacial score (nSPS) is 11.4. The van der Waals surface area contributed by atoms with Gasteiger partial charge in [0.2, 0.25) is 0 Å². The number of rotatable bonds is 6. The minimum atomic E-state index is -0.251. The van der Waals surface area contributed by atoms with E-state index in [1.54, 1.807) is 23.1 Å². The SMILES string of the molecule is CCNC(=NCc1cccc(F)c1)NCc1ccnc(-n2cccn2)c1. The highest BCUT2D eigenvalue weighted by Gasteiger charge is 2.02. The fourth-order valence-corrected chi connectivity index (χ4v) is 2.43. The van der Waals surface area contributed by atoms with Crippen LogP contribution in [0.2, 0.25) is 0 Å². The first-order chi connectivity index (χ1) is 12.7. The zero-order valence-electron chi connectivity index (χ0n) is 14.6. The number of aromatic nitrogens is 3. The molecule has 0 aliphatic carbocycles. The van der Waals surface area contributed by atoms with Crippen LogP contribution in [0, 0.1) is 5.82 Å². The Labute approximate surface area is 151 Å². The molecule has 0 bridgehead atoms. The Morgan fingerprint density at radius 3 is 2.81 bits per heavy atom. The molecule has 0 amide bonds. The lowest BCUT2D eigenvalue weighted by molar-refractivity contribution is 0.625. The second-order valence-corrected chi connectivity index (χ2v) is 5.65. The van der Waals surface area contributed by atoms with Crippen molar-refractivity contribution >= 4 is 5.96 Å². The molecular weight excluding hydrogens is 331 g/mol. The van der Waals surface area contributed by atoms with Gasteiger partial charge in [0.1, 0.15) is 5.82 Å². The van der Waals surface area contributed by atoms with E-state index in [0.29, 0.717) is 19.0 Å². The third-order valence-corrected chi connectivity index (χ3v) is 3.66. The smallest absolute Gasteiger partial charge is 0.191 e. The Morgan fingerprint density at radius 1 is 1.12 bits per heavy atom. The topological polar surface area (TPSA) is 67.1 Å². The minimum absolute atomic E-state index is 0.251. The van der Waals surface area contributed by atoms with Gasteiger partial charge in [-0.25, -0.2) is 19.0 Å². The van der Waals surface area contributed by atoms with Gasteiger partial charge in [-0.3, -0.25) is 0 Å². The summed E-state index contributed by atoms with van der Waals surface area (Å²) in [6, 6.07) is 12.2. The summed E-state index contributed by atoms with van der Waals surface area (Å²) in [5.74, 6) is 1.18. The van der Waals surface area contributed by atoms with Gasteiger partial charge in [-0.2, -0.15) is 5.10 Å². The van der Waals surface area contributed by atoms with Gasteiger partial charge >= 0.3 is 0 Å². The van der Waals surface area contributed by atoms with Crippen LogP contribution in [0.15, 0.2) is 66.0 Å². The number of nitrogens with zero attached hydrogens (tertiary/aromatic N) is 4. The number of aliphatic imine (C=N–C) groups is 1. The molecule has 0 aliphatic heterocycles. The average molecular weight is 352 g/mol. The number of pyridine rings is 1. The molecule has 2 heterocycles. The van der Waals surface area contributed by atoms with E-state index in [-0.39, 0.29) is 5.82 Å². The third kappa shape index (κ3) is 4.89. The van der Waals surface area contributed by atoms with Gasteiger partial charge in [0, 0.05) is 31.7 Å². The zero-order chi connectivity index (χ0) is 18.2. The molecule has 3 rings (SSSR count). The molecule has 0 fully saturated rings. The number of hydrogen-bond donors (Lipinski definition) is 2. The summed E-state index contributed by atoms with van der Waals surface area (Å²) in [4.78, 5) is 8.83. The van der Waals surface area contributed by atoms with Crippen molar-refractivity contribution < 1.29 is 4.39 Å². The molecule has 0 saturated carbocycles. The second-order valence-electron chi connectivity index (χ2n) is 5.65. The summed E-state index contributed by atoms with van der Waals surface area (Å²) in [5, 5.41) is 10.7. The maximum absolute atomic E-state index is 13.3. The van der Waals surface area contributed by atoms with E-state index in [9.17, 15) is 4.39 Å². The molecule has 0 radical (unpaired) electrons. The van der Waals surface area contributed by atoms with Crippen molar-refractivity contribution in [1.82, 2.24) is 25.4 Å². The Morgan fingerprint density at radius 2 is 2.04 bits per heavy atom. The number of hydrogen-bond acceptors (Lipinski definition) is 3. The molecule has 26 heavy (non-hydrogen) atoms. The van der Waals surface area contributed by atoms with Gasteiger partial charge in [0.05, 0.1) is 6.54 Å².